The Bertz CT molecular complexity index is 1020. The van der Waals surface area contributed by atoms with Gasteiger partial charge >= 0.3 is 5.97 Å². The van der Waals surface area contributed by atoms with E-state index >= 15 is 0 Å². The van der Waals surface area contributed by atoms with E-state index in [0.717, 1.165) is 10.2 Å². The lowest BCUT2D eigenvalue weighted by Crippen LogP contribution is -2.19. The summed E-state index contributed by atoms with van der Waals surface area (Å²) in [5.74, 6) is 0.516. The second-order valence-corrected chi connectivity index (χ2v) is 8.13. The fourth-order valence-electron chi connectivity index (χ4n) is 2.63. The van der Waals surface area contributed by atoms with Gasteiger partial charge in [-0.2, -0.15) is 0 Å². The van der Waals surface area contributed by atoms with Crippen LogP contribution in [-0.4, -0.2) is 36.9 Å². The predicted molar refractivity (Wildman–Crippen MR) is 125 cm³/mol. The molecule has 0 bridgehead atoms. The van der Waals surface area contributed by atoms with Crippen LogP contribution in [-0.2, 0) is 14.3 Å². The van der Waals surface area contributed by atoms with Crippen LogP contribution in [0.15, 0.2) is 56.8 Å². The Morgan fingerprint density at radius 2 is 1.90 bits per heavy atom. The summed E-state index contributed by atoms with van der Waals surface area (Å²) in [6.07, 6.45) is 1.70. The van der Waals surface area contributed by atoms with Gasteiger partial charge in [0, 0.05) is 10.0 Å². The van der Waals surface area contributed by atoms with E-state index in [2.05, 4.69) is 26.2 Å². The van der Waals surface area contributed by atoms with E-state index in [-0.39, 0.29) is 19.1 Å². The summed E-state index contributed by atoms with van der Waals surface area (Å²) in [6.45, 7) is 4.32. The molecule has 0 spiro atoms. The molecule has 1 amide bonds. The molecule has 3 rings (SSSR count). The van der Waals surface area contributed by atoms with Crippen LogP contribution in [0.25, 0.3) is 6.08 Å². The average molecular weight is 505 g/mol. The van der Waals surface area contributed by atoms with Gasteiger partial charge in [-0.25, -0.2) is 9.79 Å². The first-order valence-corrected chi connectivity index (χ1v) is 11.2. The number of aliphatic imine (C=N–C) groups is 1. The second-order valence-electron chi connectivity index (χ2n) is 6.18. The Hall–Kier alpha value is -2.78. The fraction of sp³-hybridized carbons (Fsp3) is 0.227. The molecule has 0 radical (unpaired) electrons. The number of carbonyl (C=O) groups excluding carboxylic acids is 2. The molecule has 1 fully saturated rings. The van der Waals surface area contributed by atoms with Crippen molar-refractivity contribution in [3.63, 3.8) is 0 Å². The van der Waals surface area contributed by atoms with Crippen molar-refractivity contribution >= 4 is 56.5 Å². The van der Waals surface area contributed by atoms with Gasteiger partial charge in [0.1, 0.15) is 11.5 Å². The lowest BCUT2D eigenvalue weighted by atomic mass is 10.2. The summed E-state index contributed by atoms with van der Waals surface area (Å²) in [5, 5.41) is 3.24. The maximum atomic E-state index is 12.4. The molecule has 1 heterocycles. The number of thioether (sulfide) groups is 1. The van der Waals surface area contributed by atoms with Crippen LogP contribution in [0.5, 0.6) is 11.5 Å². The molecule has 0 unspecified atom stereocenters. The number of esters is 1. The zero-order valence-corrected chi connectivity index (χ0v) is 19.4. The molecule has 1 saturated heterocycles. The number of halogens is 1. The largest absolute Gasteiger partial charge is 0.494 e. The van der Waals surface area contributed by atoms with E-state index in [0.29, 0.717) is 33.7 Å². The topological polar surface area (TPSA) is 86.2 Å². The maximum absolute atomic E-state index is 12.4. The minimum atomic E-state index is -0.457. The molecule has 2 aromatic carbocycles. The molecule has 31 heavy (non-hydrogen) atoms. The molecule has 0 aliphatic carbocycles. The van der Waals surface area contributed by atoms with Crippen molar-refractivity contribution in [3.05, 3.63) is 57.4 Å². The molecule has 7 nitrogen and oxygen atoms in total. The summed E-state index contributed by atoms with van der Waals surface area (Å²) in [6, 6.07) is 12.6. The number of nitrogens with one attached hydrogen (secondary N) is 1. The van der Waals surface area contributed by atoms with Crippen LogP contribution in [0.4, 0.5) is 5.69 Å². The molecule has 1 N–H and O–H groups in total. The monoisotopic (exact) mass is 504 g/mol. The number of benzene rings is 2. The molecular weight excluding hydrogens is 484 g/mol. The molecule has 2 aromatic rings. The normalized spacial score (nSPS) is 15.8. The van der Waals surface area contributed by atoms with E-state index in [1.807, 2.05) is 37.3 Å². The number of rotatable bonds is 8. The van der Waals surface area contributed by atoms with Crippen molar-refractivity contribution in [2.45, 2.75) is 13.8 Å². The summed E-state index contributed by atoms with van der Waals surface area (Å²) in [7, 11) is 0. The van der Waals surface area contributed by atoms with Crippen molar-refractivity contribution < 1.29 is 23.8 Å². The minimum Gasteiger partial charge on any atom is -0.494 e. The molecular formula is C22H21BrN2O5S. The molecule has 0 saturated carbocycles. The summed E-state index contributed by atoms with van der Waals surface area (Å²) in [4.78, 5) is 29.0. The zero-order valence-electron chi connectivity index (χ0n) is 17.0. The summed E-state index contributed by atoms with van der Waals surface area (Å²) >= 11 is 4.65. The third kappa shape index (κ3) is 6.60. The Labute approximate surface area is 193 Å². The number of carbonyl (C=O) groups is 2. The Morgan fingerprint density at radius 1 is 1.13 bits per heavy atom. The smallest absolute Gasteiger partial charge is 0.344 e. The van der Waals surface area contributed by atoms with E-state index in [9.17, 15) is 9.59 Å². The average Bonchev–Trinajstić information content (AvgIpc) is 3.08. The van der Waals surface area contributed by atoms with Gasteiger partial charge in [-0.15, -0.1) is 0 Å². The SMILES string of the molecule is CCOC(=O)COc1ccc(Br)cc1/C=C1/SC(=Nc2ccc(OCC)cc2)NC1=O. The second kappa shape index (κ2) is 11.0. The molecule has 1 aliphatic rings. The zero-order chi connectivity index (χ0) is 22.2. The van der Waals surface area contributed by atoms with E-state index < -0.39 is 5.97 Å². The number of nitrogens with zero attached hydrogens (tertiary/aromatic N) is 1. The van der Waals surface area contributed by atoms with Gasteiger partial charge in [-0.3, -0.25) is 4.79 Å². The van der Waals surface area contributed by atoms with E-state index in [1.54, 1.807) is 25.1 Å². The Kier molecular flexibility index (Phi) is 8.13. The van der Waals surface area contributed by atoms with Gasteiger partial charge in [-0.1, -0.05) is 15.9 Å². The first-order valence-electron chi connectivity index (χ1n) is 9.59. The van der Waals surface area contributed by atoms with Crippen LogP contribution in [0, 0.1) is 0 Å². The lowest BCUT2D eigenvalue weighted by Gasteiger charge is -2.09. The van der Waals surface area contributed by atoms with E-state index in [1.165, 1.54) is 11.8 Å². The van der Waals surface area contributed by atoms with Crippen LogP contribution < -0.4 is 14.8 Å². The number of ether oxygens (including phenoxy) is 3. The van der Waals surface area contributed by atoms with Gasteiger partial charge in [-0.05, 0) is 74.1 Å². The molecule has 9 heteroatoms. The number of amides is 1. The van der Waals surface area contributed by atoms with Crippen LogP contribution in [0.1, 0.15) is 19.4 Å². The fourth-order valence-corrected chi connectivity index (χ4v) is 3.84. The highest BCUT2D eigenvalue weighted by molar-refractivity contribution is 9.10. The Morgan fingerprint density at radius 3 is 2.61 bits per heavy atom. The third-order valence-corrected chi connectivity index (χ3v) is 5.34. The van der Waals surface area contributed by atoms with Crippen molar-refractivity contribution in [2.75, 3.05) is 19.8 Å². The highest BCUT2D eigenvalue weighted by atomic mass is 79.9. The first-order chi connectivity index (χ1) is 15.0. The van der Waals surface area contributed by atoms with Crippen molar-refractivity contribution in [3.8, 4) is 11.5 Å². The lowest BCUT2D eigenvalue weighted by molar-refractivity contribution is -0.145. The molecule has 0 aromatic heterocycles. The summed E-state index contributed by atoms with van der Waals surface area (Å²) in [5.41, 5.74) is 1.35. The number of hydrogen-bond donors (Lipinski definition) is 1. The highest BCUT2D eigenvalue weighted by Gasteiger charge is 2.24. The quantitative estimate of drug-likeness (QED) is 0.414. The first kappa shape index (κ1) is 22.9. The molecule has 162 valence electrons. The Balaban J connectivity index is 1.76. The molecule has 1 aliphatic heterocycles. The van der Waals surface area contributed by atoms with Crippen molar-refractivity contribution in [2.24, 2.45) is 4.99 Å². The highest BCUT2D eigenvalue weighted by Crippen LogP contribution is 2.32. The van der Waals surface area contributed by atoms with Crippen LogP contribution in [0.2, 0.25) is 0 Å². The van der Waals surface area contributed by atoms with Gasteiger partial charge < -0.3 is 19.5 Å². The van der Waals surface area contributed by atoms with E-state index in [4.69, 9.17) is 14.2 Å². The van der Waals surface area contributed by atoms with Crippen LogP contribution >= 0.6 is 27.7 Å². The maximum Gasteiger partial charge on any atom is 0.344 e. The number of hydrogen-bond acceptors (Lipinski definition) is 7. The van der Waals surface area contributed by atoms with Crippen LogP contribution in [0.3, 0.4) is 0 Å². The molecule has 0 atom stereocenters. The van der Waals surface area contributed by atoms with Crippen molar-refractivity contribution in [1.82, 2.24) is 5.32 Å². The van der Waals surface area contributed by atoms with Crippen molar-refractivity contribution in [1.29, 1.82) is 0 Å². The third-order valence-electron chi connectivity index (χ3n) is 3.94. The summed E-state index contributed by atoms with van der Waals surface area (Å²) < 4.78 is 16.7. The number of amidine groups is 1. The van der Waals surface area contributed by atoms with Gasteiger partial charge in [0.2, 0.25) is 0 Å². The van der Waals surface area contributed by atoms with Gasteiger partial charge in [0.05, 0.1) is 23.8 Å². The minimum absolute atomic E-state index is 0.213. The standard InChI is InChI=1S/C22H21BrN2O5S/c1-3-28-17-8-6-16(7-9-17)24-22-25-21(27)19(31-22)12-14-11-15(23)5-10-18(14)30-13-20(26)29-4-2/h5-12H,3-4,13H2,1-2H3,(H,24,25,27)/b19-12+. The van der Waals surface area contributed by atoms with Gasteiger partial charge in [0.15, 0.2) is 11.8 Å². The predicted octanol–water partition coefficient (Wildman–Crippen LogP) is 4.68. The van der Waals surface area contributed by atoms with Gasteiger partial charge in [0.25, 0.3) is 5.91 Å².